The van der Waals surface area contributed by atoms with Crippen LogP contribution in [0, 0.1) is 20.8 Å². The molecule has 10 heteroatoms. The number of fused-ring (bicyclic) bond motifs is 1. The molecule has 0 radical (unpaired) electrons. The molecule has 172 valence electrons. The molecule has 10 nitrogen and oxygen atoms in total. The number of nitrogens with zero attached hydrogens (tertiary/aromatic N) is 4. The molecule has 0 spiro atoms. The molecule has 1 amide bonds. The second-order valence-electron chi connectivity index (χ2n) is 7.37. The van der Waals surface area contributed by atoms with E-state index in [4.69, 9.17) is 14.4 Å². The second-order valence-corrected chi connectivity index (χ2v) is 7.37. The topological polar surface area (TPSA) is 128 Å². The van der Waals surface area contributed by atoms with Crippen molar-refractivity contribution in [2.24, 2.45) is 0 Å². The van der Waals surface area contributed by atoms with Crippen molar-refractivity contribution < 1.29 is 23.8 Å². The molecule has 4 rings (SSSR count). The normalized spacial score (nSPS) is 10.4. The predicted octanol–water partition coefficient (Wildman–Crippen LogP) is 1.04. The third kappa shape index (κ3) is 5.17. The van der Waals surface area contributed by atoms with E-state index in [2.05, 4.69) is 38.5 Å². The van der Waals surface area contributed by atoms with Crippen LogP contribution in [-0.4, -0.2) is 40.5 Å². The molecule has 0 bridgehead atoms. The van der Waals surface area contributed by atoms with Crippen LogP contribution in [-0.2, 0) is 11.3 Å². The number of aromatic nitrogens is 4. The number of amides is 1. The van der Waals surface area contributed by atoms with Crippen molar-refractivity contribution in [3.05, 3.63) is 65.6 Å². The Kier molecular flexibility index (Phi) is 7.39. The minimum absolute atomic E-state index is 0.122. The Morgan fingerprint density at radius 2 is 2.06 bits per heavy atom. The van der Waals surface area contributed by atoms with Gasteiger partial charge in [0.15, 0.2) is 18.9 Å². The van der Waals surface area contributed by atoms with E-state index in [1.54, 1.807) is 18.3 Å². The van der Waals surface area contributed by atoms with Crippen molar-refractivity contribution in [2.45, 2.75) is 27.3 Å². The average Bonchev–Trinajstić information content (AvgIpc) is 3.36. The van der Waals surface area contributed by atoms with Crippen molar-refractivity contribution in [1.82, 2.24) is 19.9 Å². The first kappa shape index (κ1) is 23.5. The third-order valence-electron chi connectivity index (χ3n) is 5.21. The van der Waals surface area contributed by atoms with E-state index in [-0.39, 0.29) is 5.91 Å². The summed E-state index contributed by atoms with van der Waals surface area (Å²) in [6.07, 6.45) is 7.69. The minimum Gasteiger partial charge on any atom is -0.554 e. The maximum atomic E-state index is 12.6. The van der Waals surface area contributed by atoms with Crippen LogP contribution in [0.4, 0.5) is 5.69 Å². The highest BCUT2D eigenvalue weighted by Crippen LogP contribution is 2.27. The van der Waals surface area contributed by atoms with Crippen LogP contribution in [0.3, 0.4) is 0 Å². The van der Waals surface area contributed by atoms with Gasteiger partial charge in [0, 0.05) is 42.6 Å². The van der Waals surface area contributed by atoms with Gasteiger partial charge in [0.05, 0.1) is 29.7 Å². The molecular formula is C23H26N6O4. The first-order valence-corrected chi connectivity index (χ1v) is 10.3. The van der Waals surface area contributed by atoms with Crippen molar-refractivity contribution in [2.75, 3.05) is 18.9 Å². The molecule has 0 aromatic carbocycles. The van der Waals surface area contributed by atoms with Crippen molar-refractivity contribution in [1.29, 1.82) is 0 Å². The molecule has 0 aliphatic heterocycles. The molecule has 0 fully saturated rings. The summed E-state index contributed by atoms with van der Waals surface area (Å²) < 4.78 is 9.27. The van der Waals surface area contributed by atoms with Gasteiger partial charge in [-0.2, -0.15) is 0 Å². The van der Waals surface area contributed by atoms with Crippen LogP contribution in [0.1, 0.15) is 27.4 Å². The van der Waals surface area contributed by atoms with Gasteiger partial charge in [-0.3, -0.25) is 9.20 Å². The summed E-state index contributed by atoms with van der Waals surface area (Å²) in [5.41, 5.74) is 6.16. The van der Waals surface area contributed by atoms with E-state index in [1.807, 2.05) is 43.8 Å². The maximum Gasteiger partial charge on any atom is 0.251 e. The zero-order chi connectivity index (χ0) is 24.0. The van der Waals surface area contributed by atoms with Gasteiger partial charge in [-0.05, 0) is 32.9 Å². The smallest absolute Gasteiger partial charge is 0.251 e. The number of carbonyl (C=O) groups excluding carboxylic acids is 2. The number of pyridine rings is 2. The first-order valence-electron chi connectivity index (χ1n) is 10.3. The number of rotatable bonds is 6. The molecule has 0 unspecified atom stereocenters. The molecule has 4 heterocycles. The van der Waals surface area contributed by atoms with E-state index in [0.29, 0.717) is 24.3 Å². The van der Waals surface area contributed by atoms with Crippen molar-refractivity contribution >= 4 is 23.7 Å². The summed E-state index contributed by atoms with van der Waals surface area (Å²) in [5, 5.41) is 18.4. The van der Waals surface area contributed by atoms with Crippen LogP contribution < -0.4 is 20.3 Å². The highest BCUT2D eigenvalue weighted by atomic mass is 16.5. The summed E-state index contributed by atoms with van der Waals surface area (Å²) in [7, 11) is 1.90. The largest absolute Gasteiger partial charge is 0.554 e. The summed E-state index contributed by atoms with van der Waals surface area (Å²) in [4.78, 5) is 25.3. The van der Waals surface area contributed by atoms with Gasteiger partial charge in [-0.1, -0.05) is 5.16 Å². The van der Waals surface area contributed by atoms with Crippen LogP contribution in [0.5, 0.6) is 0 Å². The van der Waals surface area contributed by atoms with Gasteiger partial charge in [-0.25, -0.2) is 9.55 Å². The molecule has 33 heavy (non-hydrogen) atoms. The van der Waals surface area contributed by atoms with Crippen LogP contribution in [0.25, 0.3) is 16.9 Å². The molecule has 0 saturated carbocycles. The lowest BCUT2D eigenvalue weighted by Crippen LogP contribution is -2.40. The third-order valence-corrected chi connectivity index (χ3v) is 5.21. The summed E-state index contributed by atoms with van der Waals surface area (Å²) in [6.45, 7) is 6.56. The molecule has 0 saturated heterocycles. The lowest BCUT2D eigenvalue weighted by Gasteiger charge is -2.06. The summed E-state index contributed by atoms with van der Waals surface area (Å²) >= 11 is 0. The van der Waals surface area contributed by atoms with E-state index < -0.39 is 6.47 Å². The number of imidazole rings is 1. The fraction of sp³-hybridized carbons (Fsp3) is 0.261. The summed E-state index contributed by atoms with van der Waals surface area (Å²) in [6, 6.07) is 5.61. The van der Waals surface area contributed by atoms with Gasteiger partial charge in [0.1, 0.15) is 11.4 Å². The molecule has 4 aromatic rings. The van der Waals surface area contributed by atoms with Gasteiger partial charge < -0.3 is 25.1 Å². The zero-order valence-corrected chi connectivity index (χ0v) is 19.0. The minimum atomic E-state index is -0.500. The average molecular weight is 450 g/mol. The summed E-state index contributed by atoms with van der Waals surface area (Å²) in [5.74, 6) is 0.621. The van der Waals surface area contributed by atoms with E-state index in [1.165, 1.54) is 0 Å². The highest BCUT2D eigenvalue weighted by Gasteiger charge is 2.17. The molecule has 0 aliphatic rings. The fourth-order valence-electron chi connectivity index (χ4n) is 3.64. The Morgan fingerprint density at radius 3 is 2.70 bits per heavy atom. The maximum absolute atomic E-state index is 12.6. The Morgan fingerprint density at radius 1 is 1.30 bits per heavy atom. The van der Waals surface area contributed by atoms with Crippen molar-refractivity contribution in [3.63, 3.8) is 0 Å². The van der Waals surface area contributed by atoms with E-state index in [0.717, 1.165) is 34.0 Å². The number of hydrogen-bond donors (Lipinski definition) is 2. The molecule has 0 atom stereocenters. The second kappa shape index (κ2) is 10.4. The number of nitrogens with one attached hydrogen (secondary N) is 2. The number of anilines is 1. The van der Waals surface area contributed by atoms with Crippen molar-refractivity contribution in [3.8, 4) is 11.3 Å². The molecule has 4 aromatic heterocycles. The van der Waals surface area contributed by atoms with E-state index in [9.17, 15) is 4.79 Å². The standard InChI is InChI=1S/C22H24N6O2.CH2O2/c1-14-13-27(8-6-18(14)23-4)10-7-24-22(29)17-5-9-28-19(12-25-20(28)11-17)21-15(2)26-30-16(21)3;2-1-3/h5-6,8-9,11-13H,7,10H2,1-4H3,(H,24,29);1H,(H,2,3). The number of carbonyl (C=O) groups is 2. The fourth-order valence-corrected chi connectivity index (χ4v) is 3.64. The zero-order valence-electron chi connectivity index (χ0n) is 19.0. The Labute approximate surface area is 190 Å². The van der Waals surface area contributed by atoms with Crippen LogP contribution >= 0.6 is 0 Å². The first-order chi connectivity index (χ1) is 15.9. The van der Waals surface area contributed by atoms with Crippen LogP contribution in [0.2, 0.25) is 0 Å². The highest BCUT2D eigenvalue weighted by molar-refractivity contribution is 5.95. The lowest BCUT2D eigenvalue weighted by atomic mass is 10.1. The Hall–Kier alpha value is -4.21. The Balaban J connectivity index is 0.000000968. The van der Waals surface area contributed by atoms with Gasteiger partial charge in [-0.15, -0.1) is 0 Å². The number of carboxylic acid groups (broad SMARTS) is 1. The van der Waals surface area contributed by atoms with Gasteiger partial charge in [0.25, 0.3) is 5.91 Å². The predicted molar refractivity (Wildman–Crippen MR) is 119 cm³/mol. The number of aryl methyl sites for hydroxylation is 3. The quantitative estimate of drug-likeness (QED) is 0.332. The SMILES string of the molecule is CNc1cc[n+](CCNC(=O)c2ccn3c(-c4c(C)noc4C)cnc3c2)cc1C.O=C[O-]. The van der Waals surface area contributed by atoms with Gasteiger partial charge in [0.2, 0.25) is 0 Å². The lowest BCUT2D eigenvalue weighted by molar-refractivity contribution is -0.695. The number of hydrogen-bond acceptors (Lipinski definition) is 7. The van der Waals surface area contributed by atoms with E-state index >= 15 is 0 Å². The molecule has 0 aliphatic carbocycles. The Bertz CT molecular complexity index is 1260. The van der Waals surface area contributed by atoms with Gasteiger partial charge >= 0.3 is 0 Å². The molecular weight excluding hydrogens is 424 g/mol. The van der Waals surface area contributed by atoms with Crippen LogP contribution in [0.15, 0.2) is 47.5 Å². The monoisotopic (exact) mass is 450 g/mol. The molecule has 2 N–H and O–H groups in total.